The first-order valence-corrected chi connectivity index (χ1v) is 7.09. The lowest BCUT2D eigenvalue weighted by atomic mass is 10.1. The molecule has 1 fully saturated rings. The van der Waals surface area contributed by atoms with Crippen molar-refractivity contribution in [3.63, 3.8) is 0 Å². The molecule has 110 valence electrons. The topological polar surface area (TPSA) is 49.8 Å². The molecule has 4 heteroatoms. The van der Waals surface area contributed by atoms with Crippen LogP contribution in [-0.2, 0) is 4.74 Å². The van der Waals surface area contributed by atoms with Gasteiger partial charge in [-0.1, -0.05) is 30.3 Å². The molecule has 0 unspecified atom stereocenters. The first-order chi connectivity index (χ1) is 9.42. The normalized spacial score (nSPS) is 22.9. The zero-order valence-corrected chi connectivity index (χ0v) is 12.4. The van der Waals surface area contributed by atoms with E-state index in [0.717, 1.165) is 18.4 Å². The first kappa shape index (κ1) is 14.9. The molecule has 1 aromatic carbocycles. The van der Waals surface area contributed by atoms with Crippen LogP contribution < -0.4 is 0 Å². The van der Waals surface area contributed by atoms with E-state index in [1.54, 1.807) is 4.90 Å². The highest BCUT2D eigenvalue weighted by Gasteiger charge is 2.39. The number of rotatable bonds is 2. The number of carbonyl (C=O) groups excluding carboxylic acids is 1. The van der Waals surface area contributed by atoms with Crippen molar-refractivity contribution in [3.8, 4) is 0 Å². The van der Waals surface area contributed by atoms with Crippen molar-refractivity contribution >= 4 is 6.09 Å². The van der Waals surface area contributed by atoms with Crippen molar-refractivity contribution in [3.05, 3.63) is 35.9 Å². The fraction of sp³-hybridized carbons (Fsp3) is 0.562. The summed E-state index contributed by atoms with van der Waals surface area (Å²) in [6, 6.07) is 9.76. The lowest BCUT2D eigenvalue weighted by Gasteiger charge is -2.32. The fourth-order valence-corrected chi connectivity index (χ4v) is 2.66. The number of carbonyl (C=O) groups is 1. The molecule has 20 heavy (non-hydrogen) atoms. The van der Waals surface area contributed by atoms with Crippen molar-refractivity contribution in [2.45, 2.75) is 51.3 Å². The van der Waals surface area contributed by atoms with Gasteiger partial charge in [0.1, 0.15) is 5.60 Å². The predicted molar refractivity (Wildman–Crippen MR) is 77.4 cm³/mol. The minimum atomic E-state index is -0.527. The Balaban J connectivity index is 2.22. The average molecular weight is 277 g/mol. The van der Waals surface area contributed by atoms with Gasteiger partial charge in [-0.05, 0) is 39.2 Å². The van der Waals surface area contributed by atoms with E-state index < -0.39 is 5.60 Å². The van der Waals surface area contributed by atoms with Crippen LogP contribution in [0.1, 0.15) is 45.2 Å². The molecule has 4 nitrogen and oxygen atoms in total. The maximum Gasteiger partial charge on any atom is 0.411 e. The average Bonchev–Trinajstić information content (AvgIpc) is 2.81. The van der Waals surface area contributed by atoms with E-state index >= 15 is 0 Å². The molecule has 0 radical (unpaired) electrons. The van der Waals surface area contributed by atoms with E-state index in [-0.39, 0.29) is 24.8 Å². The van der Waals surface area contributed by atoms with Crippen molar-refractivity contribution in [2.75, 3.05) is 6.61 Å². The third kappa shape index (κ3) is 3.31. The summed E-state index contributed by atoms with van der Waals surface area (Å²) in [5.74, 6) is 0. The Morgan fingerprint density at radius 2 is 1.95 bits per heavy atom. The Morgan fingerprint density at radius 1 is 1.30 bits per heavy atom. The number of amides is 1. The monoisotopic (exact) mass is 277 g/mol. The van der Waals surface area contributed by atoms with Crippen LogP contribution in [0, 0.1) is 0 Å². The molecule has 1 aromatic rings. The molecular formula is C16H23NO3. The number of aliphatic hydroxyl groups is 1. The number of nitrogens with zero attached hydrogens (tertiary/aromatic N) is 1. The van der Waals surface area contributed by atoms with Gasteiger partial charge in [-0.15, -0.1) is 0 Å². The van der Waals surface area contributed by atoms with Crippen LogP contribution in [0.5, 0.6) is 0 Å². The molecule has 0 bridgehead atoms. The number of benzene rings is 1. The summed E-state index contributed by atoms with van der Waals surface area (Å²) in [5, 5.41) is 9.50. The van der Waals surface area contributed by atoms with Crippen LogP contribution in [-0.4, -0.2) is 34.3 Å². The van der Waals surface area contributed by atoms with Gasteiger partial charge in [-0.3, -0.25) is 4.90 Å². The van der Waals surface area contributed by atoms with Crippen molar-refractivity contribution < 1.29 is 14.6 Å². The van der Waals surface area contributed by atoms with Crippen LogP contribution in [0.15, 0.2) is 30.3 Å². The molecule has 1 aliphatic heterocycles. The van der Waals surface area contributed by atoms with Crippen LogP contribution in [0.3, 0.4) is 0 Å². The Bertz CT molecular complexity index is 453. The van der Waals surface area contributed by atoms with Gasteiger partial charge in [0, 0.05) is 0 Å². The smallest absolute Gasteiger partial charge is 0.411 e. The Kier molecular flexibility index (Phi) is 4.33. The molecule has 0 aromatic heterocycles. The highest BCUT2D eigenvalue weighted by atomic mass is 16.6. The number of aliphatic hydroxyl groups excluding tert-OH is 1. The third-order valence-electron chi connectivity index (χ3n) is 3.50. The molecule has 0 saturated carbocycles. The van der Waals surface area contributed by atoms with Gasteiger partial charge in [0.05, 0.1) is 18.7 Å². The van der Waals surface area contributed by atoms with E-state index in [0.29, 0.717) is 0 Å². The molecule has 2 rings (SSSR count). The van der Waals surface area contributed by atoms with E-state index in [9.17, 15) is 9.90 Å². The highest BCUT2D eigenvalue weighted by molar-refractivity contribution is 5.70. The second kappa shape index (κ2) is 5.83. The van der Waals surface area contributed by atoms with Crippen molar-refractivity contribution in [1.29, 1.82) is 0 Å². The summed E-state index contributed by atoms with van der Waals surface area (Å²) in [6.07, 6.45) is 1.31. The molecule has 0 aliphatic carbocycles. The Morgan fingerprint density at radius 3 is 2.50 bits per heavy atom. The predicted octanol–water partition coefficient (Wildman–Crippen LogP) is 3.12. The van der Waals surface area contributed by atoms with Crippen molar-refractivity contribution in [1.82, 2.24) is 4.90 Å². The number of likely N-dealkylation sites (tertiary alicyclic amines) is 1. The maximum absolute atomic E-state index is 12.4. The summed E-state index contributed by atoms with van der Waals surface area (Å²) in [7, 11) is 0. The second-order valence-corrected chi connectivity index (χ2v) is 6.23. The molecule has 1 saturated heterocycles. The lowest BCUT2D eigenvalue weighted by Crippen LogP contribution is -2.42. The molecule has 2 atom stereocenters. The second-order valence-electron chi connectivity index (χ2n) is 6.23. The van der Waals surface area contributed by atoms with Gasteiger partial charge in [0.15, 0.2) is 0 Å². The summed E-state index contributed by atoms with van der Waals surface area (Å²) in [5.41, 5.74) is 0.565. The minimum absolute atomic E-state index is 0.0109. The van der Waals surface area contributed by atoms with Gasteiger partial charge in [-0.2, -0.15) is 0 Å². The lowest BCUT2D eigenvalue weighted by molar-refractivity contribution is 0.00869. The standard InChI is InChI=1S/C16H23NO3/c1-16(2,3)20-15(19)17-13(11-18)9-10-14(17)12-7-5-4-6-8-12/h4-8,13-14,18H,9-11H2,1-3H3/t13-,14-/m0/s1. The molecule has 0 spiro atoms. The zero-order chi connectivity index (χ0) is 14.8. The number of hydrogen-bond donors (Lipinski definition) is 1. The summed E-state index contributed by atoms with van der Waals surface area (Å²) >= 11 is 0. The van der Waals surface area contributed by atoms with Gasteiger partial charge in [0.25, 0.3) is 0 Å². The Hall–Kier alpha value is -1.55. The van der Waals surface area contributed by atoms with Crippen LogP contribution >= 0.6 is 0 Å². The molecule has 1 aliphatic rings. The number of ether oxygens (including phenoxy) is 1. The van der Waals surface area contributed by atoms with Crippen LogP contribution in [0.2, 0.25) is 0 Å². The molecule has 1 amide bonds. The molecule has 1 N–H and O–H groups in total. The summed E-state index contributed by atoms with van der Waals surface area (Å²) in [4.78, 5) is 14.1. The summed E-state index contributed by atoms with van der Waals surface area (Å²) < 4.78 is 5.48. The highest BCUT2D eigenvalue weighted by Crippen LogP contribution is 2.36. The SMILES string of the molecule is CC(C)(C)OC(=O)N1[C@H](CO)CC[C@H]1c1ccccc1. The minimum Gasteiger partial charge on any atom is -0.444 e. The largest absolute Gasteiger partial charge is 0.444 e. The third-order valence-corrected chi connectivity index (χ3v) is 3.50. The van der Waals surface area contributed by atoms with Gasteiger partial charge in [0.2, 0.25) is 0 Å². The van der Waals surface area contributed by atoms with Crippen LogP contribution in [0.25, 0.3) is 0 Å². The maximum atomic E-state index is 12.4. The Labute approximate surface area is 120 Å². The van der Waals surface area contributed by atoms with Gasteiger partial charge < -0.3 is 9.84 Å². The van der Waals surface area contributed by atoms with Crippen LogP contribution in [0.4, 0.5) is 4.79 Å². The van der Waals surface area contributed by atoms with Crippen molar-refractivity contribution in [2.24, 2.45) is 0 Å². The van der Waals surface area contributed by atoms with E-state index in [4.69, 9.17) is 4.74 Å². The van der Waals surface area contributed by atoms with E-state index in [2.05, 4.69) is 0 Å². The fourth-order valence-electron chi connectivity index (χ4n) is 2.66. The van der Waals surface area contributed by atoms with E-state index in [1.165, 1.54) is 0 Å². The number of hydrogen-bond acceptors (Lipinski definition) is 3. The quantitative estimate of drug-likeness (QED) is 0.903. The molecular weight excluding hydrogens is 254 g/mol. The van der Waals surface area contributed by atoms with E-state index in [1.807, 2.05) is 51.1 Å². The van der Waals surface area contributed by atoms with Gasteiger partial charge >= 0.3 is 6.09 Å². The molecule has 1 heterocycles. The first-order valence-electron chi connectivity index (χ1n) is 7.09. The summed E-state index contributed by atoms with van der Waals surface area (Å²) in [6.45, 7) is 5.54. The van der Waals surface area contributed by atoms with Gasteiger partial charge in [-0.25, -0.2) is 4.79 Å². The zero-order valence-electron chi connectivity index (χ0n) is 12.4.